The Bertz CT molecular complexity index is 369. The highest BCUT2D eigenvalue weighted by Crippen LogP contribution is 2.20. The molecule has 13 heavy (non-hydrogen) atoms. The summed E-state index contributed by atoms with van der Waals surface area (Å²) in [5, 5.41) is 0. The SMILES string of the molecule is INCc1ncc(-c2ccoc2)o1. The third-order valence-electron chi connectivity index (χ3n) is 1.58. The maximum atomic E-state index is 5.43. The summed E-state index contributed by atoms with van der Waals surface area (Å²) in [5.74, 6) is 1.40. The summed E-state index contributed by atoms with van der Waals surface area (Å²) in [6.45, 7) is 0.623. The van der Waals surface area contributed by atoms with E-state index in [4.69, 9.17) is 8.83 Å². The summed E-state index contributed by atoms with van der Waals surface area (Å²) < 4.78 is 13.3. The first-order chi connectivity index (χ1) is 6.40. The predicted octanol–water partition coefficient (Wildman–Crippen LogP) is 2.37. The summed E-state index contributed by atoms with van der Waals surface area (Å²) in [4.78, 5) is 4.09. The minimum atomic E-state index is 0.623. The van der Waals surface area contributed by atoms with Crippen LogP contribution in [0.15, 0.2) is 33.6 Å². The number of rotatable bonds is 3. The highest BCUT2D eigenvalue weighted by atomic mass is 127. The molecule has 1 N–H and O–H groups in total. The number of aromatic nitrogens is 1. The molecule has 0 atom stereocenters. The molecule has 2 aromatic heterocycles. The lowest BCUT2D eigenvalue weighted by atomic mass is 10.3. The van der Waals surface area contributed by atoms with Gasteiger partial charge in [0.1, 0.15) is 6.26 Å². The average molecular weight is 290 g/mol. The van der Waals surface area contributed by atoms with Crippen LogP contribution in [0.1, 0.15) is 5.89 Å². The number of furan rings is 1. The van der Waals surface area contributed by atoms with Gasteiger partial charge in [-0.2, -0.15) is 0 Å². The van der Waals surface area contributed by atoms with Crippen molar-refractivity contribution >= 4 is 22.9 Å². The van der Waals surface area contributed by atoms with Crippen LogP contribution >= 0.6 is 22.9 Å². The van der Waals surface area contributed by atoms with E-state index in [2.05, 4.69) is 8.51 Å². The van der Waals surface area contributed by atoms with Crippen LogP contribution in [0, 0.1) is 0 Å². The van der Waals surface area contributed by atoms with E-state index in [1.165, 1.54) is 0 Å². The second kappa shape index (κ2) is 3.93. The van der Waals surface area contributed by atoms with Crippen LogP contribution < -0.4 is 3.53 Å². The first-order valence-electron chi connectivity index (χ1n) is 3.71. The zero-order valence-electron chi connectivity index (χ0n) is 6.66. The second-order valence-electron chi connectivity index (χ2n) is 2.44. The van der Waals surface area contributed by atoms with Gasteiger partial charge in [0.2, 0.25) is 5.89 Å². The summed E-state index contributed by atoms with van der Waals surface area (Å²) in [6, 6.07) is 1.84. The van der Waals surface area contributed by atoms with Gasteiger partial charge >= 0.3 is 0 Å². The van der Waals surface area contributed by atoms with Crippen LogP contribution in [0.3, 0.4) is 0 Å². The van der Waals surface area contributed by atoms with Gasteiger partial charge in [-0.25, -0.2) is 4.98 Å². The molecule has 5 heteroatoms. The molecule has 4 nitrogen and oxygen atoms in total. The fourth-order valence-electron chi connectivity index (χ4n) is 0.987. The van der Waals surface area contributed by atoms with Gasteiger partial charge in [0.15, 0.2) is 5.76 Å². The summed E-state index contributed by atoms with van der Waals surface area (Å²) in [7, 11) is 0. The van der Waals surface area contributed by atoms with Crippen molar-refractivity contribution in [2.75, 3.05) is 0 Å². The Balaban J connectivity index is 2.23. The van der Waals surface area contributed by atoms with Crippen molar-refractivity contribution in [3.63, 3.8) is 0 Å². The molecule has 0 saturated carbocycles. The first-order valence-corrected chi connectivity index (χ1v) is 4.79. The number of hydrogen-bond donors (Lipinski definition) is 1. The Labute approximate surface area is 88.8 Å². The lowest BCUT2D eigenvalue weighted by Gasteiger charge is -1.89. The molecule has 68 valence electrons. The van der Waals surface area contributed by atoms with Crippen molar-refractivity contribution in [3.05, 3.63) is 30.7 Å². The fraction of sp³-hybridized carbons (Fsp3) is 0.125. The maximum absolute atomic E-state index is 5.43. The molecule has 0 aliphatic rings. The van der Waals surface area contributed by atoms with Crippen LogP contribution in [-0.4, -0.2) is 4.98 Å². The summed E-state index contributed by atoms with van der Waals surface area (Å²) in [5.41, 5.74) is 0.909. The van der Waals surface area contributed by atoms with Crippen LogP contribution in [0.25, 0.3) is 11.3 Å². The third kappa shape index (κ3) is 1.92. The van der Waals surface area contributed by atoms with E-state index >= 15 is 0 Å². The van der Waals surface area contributed by atoms with E-state index in [9.17, 15) is 0 Å². The molecule has 0 radical (unpaired) electrons. The molecule has 0 aliphatic carbocycles. The van der Waals surface area contributed by atoms with Crippen LogP contribution in [-0.2, 0) is 6.54 Å². The number of halogens is 1. The first kappa shape index (κ1) is 8.76. The fourth-order valence-corrected chi connectivity index (χ4v) is 1.31. The van der Waals surface area contributed by atoms with Gasteiger partial charge in [0.25, 0.3) is 0 Å². The van der Waals surface area contributed by atoms with E-state index in [0.29, 0.717) is 12.4 Å². The van der Waals surface area contributed by atoms with Crippen molar-refractivity contribution in [1.29, 1.82) is 0 Å². The van der Waals surface area contributed by atoms with Crippen molar-refractivity contribution < 1.29 is 8.83 Å². The Morgan fingerprint density at radius 3 is 3.15 bits per heavy atom. The zero-order chi connectivity index (χ0) is 9.10. The Hall–Kier alpha value is -0.820. The Morgan fingerprint density at radius 1 is 1.54 bits per heavy atom. The standard InChI is InChI=1S/C8H7IN2O2/c9-11-4-8-10-3-7(13-8)6-1-2-12-5-6/h1-3,5,11H,4H2. The average Bonchev–Trinajstić information content (AvgIpc) is 2.70. The zero-order valence-corrected chi connectivity index (χ0v) is 8.82. The monoisotopic (exact) mass is 290 g/mol. The molecule has 0 aromatic carbocycles. The normalized spacial score (nSPS) is 10.5. The lowest BCUT2D eigenvalue weighted by molar-refractivity contribution is 0.504. The minimum absolute atomic E-state index is 0.623. The van der Waals surface area contributed by atoms with Crippen LogP contribution in [0.4, 0.5) is 0 Å². The van der Waals surface area contributed by atoms with Gasteiger partial charge in [-0.15, -0.1) is 0 Å². The third-order valence-corrected chi connectivity index (χ3v) is 1.96. The van der Waals surface area contributed by atoms with Crippen molar-refractivity contribution in [2.45, 2.75) is 6.54 Å². The van der Waals surface area contributed by atoms with Crippen LogP contribution in [0.5, 0.6) is 0 Å². The van der Waals surface area contributed by atoms with Crippen LogP contribution in [0.2, 0.25) is 0 Å². The molecule has 2 heterocycles. The van der Waals surface area contributed by atoms with E-state index in [1.807, 2.05) is 28.9 Å². The highest BCUT2D eigenvalue weighted by Gasteiger charge is 2.05. The van der Waals surface area contributed by atoms with E-state index in [1.54, 1.807) is 18.7 Å². The molecule has 0 fully saturated rings. The molecular weight excluding hydrogens is 283 g/mol. The van der Waals surface area contributed by atoms with Gasteiger partial charge in [-0.3, -0.25) is 3.53 Å². The number of oxazole rings is 1. The number of hydrogen-bond acceptors (Lipinski definition) is 4. The second-order valence-corrected chi connectivity index (χ2v) is 3.20. The summed E-state index contributed by atoms with van der Waals surface area (Å²) in [6.07, 6.45) is 4.92. The van der Waals surface area contributed by atoms with Gasteiger partial charge in [0, 0.05) is 22.9 Å². The molecule has 0 spiro atoms. The van der Waals surface area contributed by atoms with Crippen molar-refractivity contribution in [2.24, 2.45) is 0 Å². The maximum Gasteiger partial charge on any atom is 0.209 e. The largest absolute Gasteiger partial charge is 0.472 e. The van der Waals surface area contributed by atoms with Crippen molar-refractivity contribution in [1.82, 2.24) is 8.51 Å². The molecule has 0 saturated heterocycles. The van der Waals surface area contributed by atoms with E-state index in [0.717, 1.165) is 11.3 Å². The van der Waals surface area contributed by atoms with Gasteiger partial charge in [0.05, 0.1) is 24.6 Å². The molecule has 0 unspecified atom stereocenters. The predicted molar refractivity (Wildman–Crippen MR) is 55.1 cm³/mol. The highest BCUT2D eigenvalue weighted by molar-refractivity contribution is 14.1. The quantitative estimate of drug-likeness (QED) is 0.696. The number of nitrogens with zero attached hydrogens (tertiary/aromatic N) is 1. The molecule has 0 amide bonds. The molecule has 0 aliphatic heterocycles. The van der Waals surface area contributed by atoms with Gasteiger partial charge in [-0.05, 0) is 6.07 Å². The molecule has 0 bridgehead atoms. The topological polar surface area (TPSA) is 51.2 Å². The Kier molecular flexibility index (Phi) is 2.65. The Morgan fingerprint density at radius 2 is 2.46 bits per heavy atom. The molecular formula is C8H7IN2O2. The van der Waals surface area contributed by atoms with Crippen molar-refractivity contribution in [3.8, 4) is 11.3 Å². The van der Waals surface area contributed by atoms with E-state index in [-0.39, 0.29) is 0 Å². The van der Waals surface area contributed by atoms with E-state index < -0.39 is 0 Å². The van der Waals surface area contributed by atoms with Gasteiger partial charge in [-0.1, -0.05) is 0 Å². The summed E-state index contributed by atoms with van der Waals surface area (Å²) >= 11 is 2.05. The van der Waals surface area contributed by atoms with Gasteiger partial charge < -0.3 is 8.83 Å². The smallest absolute Gasteiger partial charge is 0.209 e. The lowest BCUT2D eigenvalue weighted by Crippen LogP contribution is -1.96. The molecule has 2 aromatic rings. The number of nitrogens with one attached hydrogen (secondary N) is 1. The molecule has 2 rings (SSSR count). The minimum Gasteiger partial charge on any atom is -0.472 e.